The van der Waals surface area contributed by atoms with Crippen LogP contribution in [0.25, 0.3) is 12.2 Å². The number of alkyl halides is 6. The van der Waals surface area contributed by atoms with Crippen molar-refractivity contribution in [1.82, 2.24) is 24.4 Å². The number of halogens is 7. The molecule has 0 aromatic carbocycles. The summed E-state index contributed by atoms with van der Waals surface area (Å²) in [7, 11) is 1.63. The summed E-state index contributed by atoms with van der Waals surface area (Å²) in [6.45, 7) is 2.67. The highest BCUT2D eigenvalue weighted by molar-refractivity contribution is 6.31. The van der Waals surface area contributed by atoms with Crippen LogP contribution in [0.4, 0.5) is 26.3 Å². The van der Waals surface area contributed by atoms with E-state index in [1.54, 1.807) is 26.1 Å². The van der Waals surface area contributed by atoms with E-state index in [4.69, 9.17) is 16.6 Å². The predicted octanol–water partition coefficient (Wildman–Crippen LogP) is 5.44. The van der Waals surface area contributed by atoms with Gasteiger partial charge in [-0.05, 0) is 63.4 Å². The zero-order valence-corrected chi connectivity index (χ0v) is 24.4. The van der Waals surface area contributed by atoms with Gasteiger partial charge >= 0.3 is 12.4 Å². The van der Waals surface area contributed by atoms with Crippen molar-refractivity contribution in [1.29, 1.82) is 0 Å². The lowest BCUT2D eigenvalue weighted by Gasteiger charge is -2.33. The quantitative estimate of drug-likeness (QED) is 0.354. The van der Waals surface area contributed by atoms with Gasteiger partial charge in [-0.1, -0.05) is 23.8 Å². The lowest BCUT2D eigenvalue weighted by atomic mass is 9.87. The van der Waals surface area contributed by atoms with Crippen molar-refractivity contribution in [3.05, 3.63) is 74.7 Å². The topological polar surface area (TPSA) is 67.1 Å². The minimum absolute atomic E-state index is 0.0106. The van der Waals surface area contributed by atoms with Crippen LogP contribution in [-0.2, 0) is 25.4 Å². The van der Waals surface area contributed by atoms with E-state index < -0.39 is 29.6 Å². The molecular weight excluding hydrogens is 596 g/mol. The van der Waals surface area contributed by atoms with E-state index in [1.165, 1.54) is 23.2 Å². The van der Waals surface area contributed by atoms with Crippen LogP contribution < -0.4 is 10.6 Å². The summed E-state index contributed by atoms with van der Waals surface area (Å²) in [5, 5.41) is 13.5. The van der Waals surface area contributed by atoms with Gasteiger partial charge in [0.25, 0.3) is 0 Å². The van der Waals surface area contributed by atoms with Gasteiger partial charge in [0.1, 0.15) is 11.3 Å². The molecule has 1 aliphatic heterocycles. The van der Waals surface area contributed by atoms with Gasteiger partial charge in [0.2, 0.25) is 0 Å². The van der Waals surface area contributed by atoms with Crippen molar-refractivity contribution in [3.63, 3.8) is 0 Å². The number of hydrogen-bond acceptors (Lipinski definition) is 5. The van der Waals surface area contributed by atoms with Gasteiger partial charge in [-0.15, -0.1) is 0 Å². The molecule has 6 nitrogen and oxygen atoms in total. The third kappa shape index (κ3) is 6.61. The van der Waals surface area contributed by atoms with Gasteiger partial charge in [0.05, 0.1) is 40.2 Å². The Hall–Kier alpha value is -2.96. The number of likely N-dealkylation sites (tertiary alicyclic amines) is 1. The number of imidazole rings is 1. The molecule has 1 saturated heterocycles. The average Bonchev–Trinajstić information content (AvgIpc) is 3.71. The highest BCUT2D eigenvalue weighted by Gasteiger charge is 2.42. The molecule has 5 rings (SSSR count). The second-order valence-electron chi connectivity index (χ2n) is 11.3. The van der Waals surface area contributed by atoms with Gasteiger partial charge in [0, 0.05) is 42.9 Å². The maximum Gasteiger partial charge on any atom is 0.433 e. The number of aliphatic hydroxyl groups is 1. The van der Waals surface area contributed by atoms with Crippen LogP contribution in [0.3, 0.4) is 0 Å². The van der Waals surface area contributed by atoms with E-state index in [0.29, 0.717) is 22.1 Å². The minimum Gasteiger partial charge on any atom is -0.378 e. The number of rotatable bonds is 7. The number of nitrogens with zero attached hydrogens (tertiary/aromatic N) is 5. The third-order valence-electron chi connectivity index (χ3n) is 8.37. The third-order valence-corrected chi connectivity index (χ3v) is 8.80. The summed E-state index contributed by atoms with van der Waals surface area (Å²) in [6.07, 6.45) is 0.0492. The molecule has 1 unspecified atom stereocenters. The van der Waals surface area contributed by atoms with Crippen LogP contribution in [0.15, 0.2) is 30.9 Å². The molecular formula is C30H32ClF6N5O. The Morgan fingerprint density at radius 2 is 1.79 bits per heavy atom. The molecule has 1 N–H and O–H groups in total. The largest absolute Gasteiger partial charge is 0.433 e. The number of aryl methyl sites for hydroxylation is 1. The van der Waals surface area contributed by atoms with Crippen molar-refractivity contribution in [3.8, 4) is 0 Å². The maximum atomic E-state index is 13.5. The van der Waals surface area contributed by atoms with E-state index >= 15 is 0 Å². The molecule has 0 bridgehead atoms. The Labute approximate surface area is 249 Å². The Balaban J connectivity index is 1.56. The first-order valence-corrected chi connectivity index (χ1v) is 14.5. The number of piperidine rings is 1. The molecule has 3 aromatic heterocycles. The fourth-order valence-electron chi connectivity index (χ4n) is 5.76. The molecule has 2 aliphatic rings. The SMILES string of the molecule is C/C=c1/nc(C2CC2)c(CN2CCC(C(F)(F)F)CC2)c(Cl)/c1=C/CC(O)(c1ccnc(C(F)(F)F)c1)c1cncn1C. The van der Waals surface area contributed by atoms with Crippen LogP contribution in [0, 0.1) is 5.92 Å². The van der Waals surface area contributed by atoms with Crippen LogP contribution in [0.5, 0.6) is 0 Å². The Morgan fingerprint density at radius 1 is 1.09 bits per heavy atom. The molecule has 1 saturated carbocycles. The van der Waals surface area contributed by atoms with E-state index in [9.17, 15) is 31.4 Å². The predicted molar refractivity (Wildman–Crippen MR) is 149 cm³/mol. The first kappa shape index (κ1) is 31.5. The van der Waals surface area contributed by atoms with Gasteiger partial charge in [-0.3, -0.25) is 14.9 Å². The normalized spacial score (nSPS) is 19.7. The highest BCUT2D eigenvalue weighted by atomic mass is 35.5. The smallest absolute Gasteiger partial charge is 0.378 e. The van der Waals surface area contributed by atoms with Crippen molar-refractivity contribution < 1.29 is 31.4 Å². The van der Waals surface area contributed by atoms with E-state index in [0.717, 1.165) is 36.4 Å². The molecule has 232 valence electrons. The molecule has 4 heterocycles. The molecule has 0 spiro atoms. The number of hydrogen-bond donors (Lipinski definition) is 1. The Kier molecular flexibility index (Phi) is 8.67. The zero-order chi connectivity index (χ0) is 31.2. The summed E-state index contributed by atoms with van der Waals surface area (Å²) >= 11 is 7.05. The van der Waals surface area contributed by atoms with Crippen molar-refractivity contribution in [2.45, 2.75) is 69.4 Å². The fourth-order valence-corrected chi connectivity index (χ4v) is 6.10. The Morgan fingerprint density at radius 3 is 2.35 bits per heavy atom. The molecule has 3 aromatic rings. The molecule has 2 fully saturated rings. The summed E-state index contributed by atoms with van der Waals surface area (Å²) in [5.41, 5.74) is -1.28. The summed E-state index contributed by atoms with van der Waals surface area (Å²) in [6, 6.07) is 2.15. The van der Waals surface area contributed by atoms with Gasteiger partial charge in [-0.2, -0.15) is 26.3 Å². The summed E-state index contributed by atoms with van der Waals surface area (Å²) in [4.78, 5) is 14.3. The zero-order valence-electron chi connectivity index (χ0n) is 23.7. The van der Waals surface area contributed by atoms with Gasteiger partial charge < -0.3 is 9.67 Å². The molecule has 0 radical (unpaired) electrons. The van der Waals surface area contributed by atoms with Crippen molar-refractivity contribution in [2.24, 2.45) is 13.0 Å². The highest BCUT2D eigenvalue weighted by Crippen LogP contribution is 2.42. The van der Waals surface area contributed by atoms with E-state index in [2.05, 4.69) is 9.97 Å². The van der Waals surface area contributed by atoms with Crippen molar-refractivity contribution in [2.75, 3.05) is 13.1 Å². The van der Waals surface area contributed by atoms with Gasteiger partial charge in [0.15, 0.2) is 0 Å². The molecule has 1 atom stereocenters. The van der Waals surface area contributed by atoms with Crippen LogP contribution in [0.1, 0.15) is 73.2 Å². The van der Waals surface area contributed by atoms with Crippen LogP contribution in [0.2, 0.25) is 5.02 Å². The lowest BCUT2D eigenvalue weighted by molar-refractivity contribution is -0.185. The minimum atomic E-state index is -4.72. The van der Waals surface area contributed by atoms with E-state index in [-0.39, 0.29) is 49.5 Å². The van der Waals surface area contributed by atoms with Crippen molar-refractivity contribution >= 4 is 23.8 Å². The van der Waals surface area contributed by atoms with E-state index in [1.807, 2.05) is 4.90 Å². The van der Waals surface area contributed by atoms with Gasteiger partial charge in [-0.25, -0.2) is 4.98 Å². The second-order valence-corrected chi connectivity index (χ2v) is 11.7. The molecule has 0 amide bonds. The number of pyridine rings is 2. The Bertz CT molecular complexity index is 1590. The molecule has 13 heteroatoms. The first-order chi connectivity index (χ1) is 20.2. The number of aromatic nitrogens is 4. The fraction of sp³-hybridized carbons (Fsp3) is 0.500. The van der Waals surface area contributed by atoms with Crippen LogP contribution >= 0.6 is 11.6 Å². The second kappa shape index (κ2) is 11.9. The average molecular weight is 628 g/mol. The molecule has 43 heavy (non-hydrogen) atoms. The molecule has 1 aliphatic carbocycles. The first-order valence-electron chi connectivity index (χ1n) is 14.1. The standard InChI is InChI=1S/C30H32ClF6N5O/c1-3-23-21(6-10-28(43,25-15-38-17-41(25)2)20-7-11-39-24(14-20)30(35,36)37)26(31)22(27(40-23)18-4-5-18)16-42-12-8-19(9-13-42)29(32,33)34/h3,6-7,11,14-15,17-19,43H,4-5,8-10,12-13,16H2,1-2H3/b21-6+,23-3+. The van der Waals surface area contributed by atoms with Crippen LogP contribution in [-0.4, -0.2) is 48.8 Å². The summed E-state index contributed by atoms with van der Waals surface area (Å²) in [5.74, 6) is -1.12. The lowest BCUT2D eigenvalue weighted by Crippen LogP contribution is -2.40. The maximum absolute atomic E-state index is 13.5. The summed E-state index contributed by atoms with van der Waals surface area (Å²) < 4.78 is 81.9. The monoisotopic (exact) mass is 627 g/mol.